The van der Waals surface area contributed by atoms with E-state index in [1.165, 1.54) is 12.1 Å². The molecule has 2 aliphatic heterocycles. The minimum atomic E-state index is -4.35. The average molecular weight is 323 g/mol. The lowest BCUT2D eigenvalue weighted by Gasteiger charge is -2.43. The molecule has 3 nitrogen and oxygen atoms in total. The number of ether oxygens (including phenoxy) is 1. The number of rotatable bonds is 1. The Kier molecular flexibility index (Phi) is 3.37. The summed E-state index contributed by atoms with van der Waals surface area (Å²) in [6.45, 7) is 0.578. The van der Waals surface area contributed by atoms with Gasteiger partial charge in [-0.05, 0) is 37.1 Å². The van der Waals surface area contributed by atoms with Crippen LogP contribution in [0.4, 0.5) is 18.9 Å². The molecule has 0 radical (unpaired) electrons. The zero-order valence-electron chi connectivity index (χ0n) is 12.3. The van der Waals surface area contributed by atoms with E-state index in [1.807, 2.05) is 6.07 Å². The minimum absolute atomic E-state index is 0.0108. The van der Waals surface area contributed by atoms with E-state index in [1.54, 1.807) is 12.5 Å². The highest BCUT2D eigenvalue weighted by Gasteiger charge is 2.41. The smallest absolute Gasteiger partial charge is 0.416 e. The number of anilines is 1. The molecule has 0 bridgehead atoms. The number of fused-ring (bicyclic) bond motifs is 3. The number of furan rings is 1. The lowest BCUT2D eigenvalue weighted by molar-refractivity contribution is -0.137. The molecule has 2 aliphatic rings. The third kappa shape index (κ3) is 2.51. The van der Waals surface area contributed by atoms with Gasteiger partial charge in [0, 0.05) is 29.3 Å². The summed E-state index contributed by atoms with van der Waals surface area (Å²) in [5.74, 6) is 0.0948. The van der Waals surface area contributed by atoms with Crippen molar-refractivity contribution in [2.75, 3.05) is 11.9 Å². The van der Waals surface area contributed by atoms with Gasteiger partial charge in [-0.15, -0.1) is 0 Å². The van der Waals surface area contributed by atoms with Crippen molar-refractivity contribution in [1.82, 2.24) is 0 Å². The Morgan fingerprint density at radius 1 is 1.17 bits per heavy atom. The molecule has 3 atom stereocenters. The normalized spacial score (nSPS) is 27.0. The molecule has 0 saturated carbocycles. The fourth-order valence-electron chi connectivity index (χ4n) is 3.63. The number of halogens is 3. The summed E-state index contributed by atoms with van der Waals surface area (Å²) in [5.41, 5.74) is 1.67. The van der Waals surface area contributed by atoms with Crippen molar-refractivity contribution in [3.8, 4) is 0 Å². The van der Waals surface area contributed by atoms with Gasteiger partial charge >= 0.3 is 6.18 Å². The molecule has 6 heteroatoms. The Morgan fingerprint density at radius 3 is 2.78 bits per heavy atom. The van der Waals surface area contributed by atoms with E-state index in [0.29, 0.717) is 17.9 Å². The summed E-state index contributed by atoms with van der Waals surface area (Å²) in [7, 11) is 0. The van der Waals surface area contributed by atoms with E-state index >= 15 is 0 Å². The van der Waals surface area contributed by atoms with E-state index in [4.69, 9.17) is 9.15 Å². The summed E-state index contributed by atoms with van der Waals surface area (Å²) in [6.07, 6.45) is 0.438. The van der Waals surface area contributed by atoms with Crippen LogP contribution in [0.15, 0.2) is 41.2 Å². The Labute approximate surface area is 131 Å². The first kappa shape index (κ1) is 14.6. The predicted octanol–water partition coefficient (Wildman–Crippen LogP) is 4.93. The van der Waals surface area contributed by atoms with Crippen molar-refractivity contribution in [1.29, 1.82) is 0 Å². The lowest BCUT2D eigenvalue weighted by atomic mass is 9.78. The van der Waals surface area contributed by atoms with Crippen LogP contribution in [-0.4, -0.2) is 6.61 Å². The molecule has 0 aliphatic carbocycles. The molecule has 1 aromatic heterocycles. The number of alkyl halides is 3. The summed E-state index contributed by atoms with van der Waals surface area (Å²) in [5, 5.41) is 3.37. The van der Waals surface area contributed by atoms with Gasteiger partial charge in [-0.2, -0.15) is 13.2 Å². The van der Waals surface area contributed by atoms with Crippen LogP contribution in [0, 0.1) is 5.92 Å². The standard InChI is InChI=1S/C17H16F3NO2/c18-17(19,20)11-3-4-14-13(8-11)16-12(2-1-6-23-16)15(21-14)10-5-7-22-9-10/h3-5,7-9,12,15-16,21H,1-2,6H2. The summed E-state index contributed by atoms with van der Waals surface area (Å²) in [6, 6.07) is 5.71. The van der Waals surface area contributed by atoms with Crippen molar-refractivity contribution in [3.63, 3.8) is 0 Å². The van der Waals surface area contributed by atoms with Crippen molar-refractivity contribution in [3.05, 3.63) is 53.5 Å². The van der Waals surface area contributed by atoms with Crippen LogP contribution < -0.4 is 5.32 Å². The number of benzene rings is 1. The van der Waals surface area contributed by atoms with E-state index < -0.39 is 11.7 Å². The average Bonchev–Trinajstić information content (AvgIpc) is 3.07. The molecule has 3 heterocycles. The Hall–Kier alpha value is -1.95. The van der Waals surface area contributed by atoms with Gasteiger partial charge in [0.15, 0.2) is 0 Å². The summed E-state index contributed by atoms with van der Waals surface area (Å²) < 4.78 is 50.1. The topological polar surface area (TPSA) is 34.4 Å². The number of hydrogen-bond acceptors (Lipinski definition) is 3. The monoisotopic (exact) mass is 323 g/mol. The van der Waals surface area contributed by atoms with Crippen LogP contribution in [0.5, 0.6) is 0 Å². The van der Waals surface area contributed by atoms with Gasteiger partial charge < -0.3 is 14.5 Å². The van der Waals surface area contributed by atoms with Crippen LogP contribution in [-0.2, 0) is 10.9 Å². The SMILES string of the molecule is FC(F)(F)c1ccc2c(c1)C1OCCCC1C(c1ccoc1)N2. The maximum absolute atomic E-state index is 13.0. The number of nitrogens with one attached hydrogen (secondary N) is 1. The van der Waals surface area contributed by atoms with E-state index in [-0.39, 0.29) is 18.1 Å². The van der Waals surface area contributed by atoms with Gasteiger partial charge in [-0.1, -0.05) is 0 Å². The largest absolute Gasteiger partial charge is 0.472 e. The van der Waals surface area contributed by atoms with Gasteiger partial charge in [0.25, 0.3) is 0 Å². The second-order valence-electron chi connectivity index (χ2n) is 6.08. The van der Waals surface area contributed by atoms with Crippen molar-refractivity contribution in [2.45, 2.75) is 31.2 Å². The second kappa shape index (κ2) is 5.30. The molecule has 0 spiro atoms. The maximum atomic E-state index is 13.0. The zero-order valence-corrected chi connectivity index (χ0v) is 12.3. The molecule has 2 aromatic rings. The van der Waals surface area contributed by atoms with Crippen LogP contribution in [0.1, 0.15) is 41.7 Å². The third-order valence-corrected chi connectivity index (χ3v) is 4.69. The predicted molar refractivity (Wildman–Crippen MR) is 77.9 cm³/mol. The Bertz CT molecular complexity index is 696. The minimum Gasteiger partial charge on any atom is -0.472 e. The molecular formula is C17H16F3NO2. The Morgan fingerprint density at radius 2 is 2.04 bits per heavy atom. The van der Waals surface area contributed by atoms with Gasteiger partial charge in [0.05, 0.1) is 30.2 Å². The van der Waals surface area contributed by atoms with Crippen LogP contribution in [0.25, 0.3) is 0 Å². The van der Waals surface area contributed by atoms with Gasteiger partial charge in [0.2, 0.25) is 0 Å². The molecule has 4 rings (SSSR count). The highest BCUT2D eigenvalue weighted by molar-refractivity contribution is 5.58. The van der Waals surface area contributed by atoms with Crippen molar-refractivity contribution < 1.29 is 22.3 Å². The van der Waals surface area contributed by atoms with Gasteiger partial charge in [-0.3, -0.25) is 0 Å². The first-order chi connectivity index (χ1) is 11.0. The zero-order chi connectivity index (χ0) is 16.0. The summed E-state index contributed by atoms with van der Waals surface area (Å²) >= 11 is 0. The third-order valence-electron chi connectivity index (χ3n) is 4.69. The highest BCUT2D eigenvalue weighted by atomic mass is 19.4. The molecule has 1 fully saturated rings. The molecule has 1 N–H and O–H groups in total. The van der Waals surface area contributed by atoms with Gasteiger partial charge in [0.1, 0.15) is 0 Å². The van der Waals surface area contributed by atoms with E-state index in [9.17, 15) is 13.2 Å². The van der Waals surface area contributed by atoms with Gasteiger partial charge in [-0.25, -0.2) is 0 Å². The molecule has 0 amide bonds. The van der Waals surface area contributed by atoms with E-state index in [2.05, 4.69) is 5.32 Å². The van der Waals surface area contributed by atoms with E-state index in [0.717, 1.165) is 24.5 Å². The molecule has 23 heavy (non-hydrogen) atoms. The summed E-state index contributed by atoms with van der Waals surface area (Å²) in [4.78, 5) is 0. The molecule has 122 valence electrons. The number of hydrogen-bond donors (Lipinski definition) is 1. The fraction of sp³-hybridized carbons (Fsp3) is 0.412. The van der Waals surface area contributed by atoms with Crippen LogP contribution in [0.3, 0.4) is 0 Å². The molecule has 1 aromatic carbocycles. The Balaban J connectivity index is 1.78. The molecule has 3 unspecified atom stereocenters. The fourth-order valence-corrected chi connectivity index (χ4v) is 3.63. The van der Waals surface area contributed by atoms with Crippen LogP contribution >= 0.6 is 0 Å². The molecule has 1 saturated heterocycles. The van der Waals surface area contributed by atoms with Crippen LogP contribution in [0.2, 0.25) is 0 Å². The maximum Gasteiger partial charge on any atom is 0.416 e. The first-order valence-electron chi connectivity index (χ1n) is 7.65. The van der Waals surface area contributed by atoms with Crippen molar-refractivity contribution >= 4 is 5.69 Å². The lowest BCUT2D eigenvalue weighted by Crippen LogP contribution is -2.36. The first-order valence-corrected chi connectivity index (χ1v) is 7.65. The molecular weight excluding hydrogens is 307 g/mol. The second-order valence-corrected chi connectivity index (χ2v) is 6.08. The van der Waals surface area contributed by atoms with Crippen molar-refractivity contribution in [2.24, 2.45) is 5.92 Å². The quantitative estimate of drug-likeness (QED) is 0.808. The highest BCUT2D eigenvalue weighted by Crippen LogP contribution is 2.50.